The number of phosphoric acid groups is 1. The lowest BCUT2D eigenvalue weighted by Crippen LogP contribution is -2.34. The third-order valence-electron chi connectivity index (χ3n) is 7.51. The second-order valence-electron chi connectivity index (χ2n) is 12.0. The monoisotopic (exact) mass is 677 g/mol. The van der Waals surface area contributed by atoms with Crippen molar-refractivity contribution in [1.29, 1.82) is 0 Å². The lowest BCUT2D eigenvalue weighted by atomic mass is 10.1. The largest absolute Gasteiger partial charge is 0.480 e. The van der Waals surface area contributed by atoms with E-state index >= 15 is 0 Å². The van der Waals surface area contributed by atoms with Gasteiger partial charge in [0.2, 0.25) is 0 Å². The molecular weight excluding hydrogens is 613 g/mol. The molecule has 0 aliphatic heterocycles. The van der Waals surface area contributed by atoms with E-state index in [0.717, 1.165) is 57.8 Å². The van der Waals surface area contributed by atoms with E-state index in [9.17, 15) is 23.8 Å². The van der Waals surface area contributed by atoms with E-state index < -0.39 is 51.1 Å². The average molecular weight is 678 g/mol. The highest BCUT2D eigenvalue weighted by Crippen LogP contribution is 2.43. The quantitative estimate of drug-likeness (QED) is 0.0265. The Hall–Kier alpha value is -1.78. The fourth-order valence-corrected chi connectivity index (χ4v) is 5.41. The van der Waals surface area contributed by atoms with Gasteiger partial charge in [-0.25, -0.2) is 4.57 Å². The van der Waals surface area contributed by atoms with Crippen molar-refractivity contribution in [3.63, 3.8) is 0 Å². The summed E-state index contributed by atoms with van der Waals surface area (Å²) in [6.07, 6.45) is 25.8. The zero-order chi connectivity index (χ0) is 34.3. The molecule has 4 N–H and O–H groups in total. The normalized spacial score (nSPS) is 14.2. The van der Waals surface area contributed by atoms with Crippen LogP contribution in [0.15, 0.2) is 12.2 Å². The van der Waals surface area contributed by atoms with Gasteiger partial charge in [0.05, 0.1) is 13.2 Å². The summed E-state index contributed by atoms with van der Waals surface area (Å²) in [7, 11) is -4.70. The number of allylic oxidation sites excluding steroid dienone is 2. The van der Waals surface area contributed by atoms with Crippen LogP contribution in [0.3, 0.4) is 0 Å². The Morgan fingerprint density at radius 2 is 1.11 bits per heavy atom. The standard InChI is InChI=1S/C34H64NO10P/c1-3-5-7-9-11-13-15-17-19-21-23-25-32(36)42-27-30(28-43-46(40,41)44-29-31(35)34(38)39)45-33(37)26-24-22-20-18-16-14-12-10-8-6-4-2/h9,11,30-31H,3-8,10,12-29,35H2,1-2H3,(H,38,39)(H,40,41)/b11-9-/t30-,31+/m1/s1. The second-order valence-corrected chi connectivity index (χ2v) is 13.5. The summed E-state index contributed by atoms with van der Waals surface area (Å²) in [4.78, 5) is 45.5. The first kappa shape index (κ1) is 44.2. The summed E-state index contributed by atoms with van der Waals surface area (Å²) in [6.45, 7) is 2.72. The molecule has 0 aromatic rings. The number of nitrogens with two attached hydrogens (primary N) is 1. The zero-order valence-electron chi connectivity index (χ0n) is 28.7. The van der Waals surface area contributed by atoms with Gasteiger partial charge in [0, 0.05) is 12.8 Å². The molecule has 0 aliphatic carbocycles. The molecule has 0 fully saturated rings. The summed E-state index contributed by atoms with van der Waals surface area (Å²) in [6, 6.07) is -1.52. The van der Waals surface area contributed by atoms with E-state index in [1.165, 1.54) is 57.8 Å². The molecule has 0 rings (SSSR count). The summed E-state index contributed by atoms with van der Waals surface area (Å²) < 4.78 is 32.4. The lowest BCUT2D eigenvalue weighted by Gasteiger charge is -2.20. The smallest absolute Gasteiger partial charge is 0.472 e. The van der Waals surface area contributed by atoms with Gasteiger partial charge >= 0.3 is 25.7 Å². The molecule has 0 heterocycles. The van der Waals surface area contributed by atoms with Gasteiger partial charge in [0.25, 0.3) is 0 Å². The van der Waals surface area contributed by atoms with Gasteiger partial charge in [-0.15, -0.1) is 0 Å². The van der Waals surface area contributed by atoms with Crippen LogP contribution in [0.5, 0.6) is 0 Å². The second kappa shape index (κ2) is 30.5. The number of hydrogen-bond acceptors (Lipinski definition) is 9. The number of carbonyl (C=O) groups is 3. The maximum atomic E-state index is 12.5. The Kier molecular flexibility index (Phi) is 29.4. The number of carboxylic acid groups (broad SMARTS) is 1. The molecule has 0 spiro atoms. The number of carboxylic acids is 1. The topological polar surface area (TPSA) is 172 Å². The van der Waals surface area contributed by atoms with Crippen molar-refractivity contribution in [3.8, 4) is 0 Å². The van der Waals surface area contributed by atoms with Crippen LogP contribution in [0.25, 0.3) is 0 Å². The molecule has 12 heteroatoms. The van der Waals surface area contributed by atoms with Crippen LogP contribution in [0.4, 0.5) is 0 Å². The van der Waals surface area contributed by atoms with Crippen LogP contribution in [0.2, 0.25) is 0 Å². The molecule has 0 aromatic carbocycles. The zero-order valence-corrected chi connectivity index (χ0v) is 29.6. The van der Waals surface area contributed by atoms with Crippen LogP contribution in [-0.4, -0.2) is 59.9 Å². The molecule has 1 unspecified atom stereocenters. The molecule has 0 aromatic heterocycles. The van der Waals surface area contributed by atoms with Crippen LogP contribution < -0.4 is 5.73 Å². The minimum Gasteiger partial charge on any atom is -0.480 e. The molecule has 11 nitrogen and oxygen atoms in total. The number of carbonyl (C=O) groups excluding carboxylic acids is 2. The fourth-order valence-electron chi connectivity index (χ4n) is 4.63. The Labute approximate surface area is 278 Å². The summed E-state index contributed by atoms with van der Waals surface area (Å²) in [5.41, 5.74) is 5.30. The van der Waals surface area contributed by atoms with Crippen molar-refractivity contribution in [3.05, 3.63) is 12.2 Å². The maximum Gasteiger partial charge on any atom is 0.472 e. The van der Waals surface area contributed by atoms with Crippen molar-refractivity contribution in [2.45, 2.75) is 167 Å². The summed E-state index contributed by atoms with van der Waals surface area (Å²) in [5.74, 6) is -2.39. The van der Waals surface area contributed by atoms with Crippen molar-refractivity contribution in [2.75, 3.05) is 19.8 Å². The van der Waals surface area contributed by atoms with Gasteiger partial charge < -0.3 is 25.2 Å². The molecule has 46 heavy (non-hydrogen) atoms. The molecule has 0 saturated carbocycles. The SMILES string of the molecule is CCCC/C=C\CCCCCCCC(=O)OC[C@H](COP(=O)(O)OC[C@H](N)C(=O)O)OC(=O)CCCCCCCCCCCCC. The molecule has 0 amide bonds. The molecule has 0 bridgehead atoms. The molecule has 3 atom stereocenters. The Morgan fingerprint density at radius 1 is 0.652 bits per heavy atom. The van der Waals surface area contributed by atoms with E-state index in [1.807, 2.05) is 0 Å². The average Bonchev–Trinajstić information content (AvgIpc) is 3.02. The van der Waals surface area contributed by atoms with E-state index in [-0.39, 0.29) is 19.4 Å². The van der Waals surface area contributed by atoms with Crippen molar-refractivity contribution >= 4 is 25.7 Å². The van der Waals surface area contributed by atoms with Gasteiger partial charge in [-0.3, -0.25) is 23.4 Å². The van der Waals surface area contributed by atoms with E-state index in [2.05, 4.69) is 30.5 Å². The fraction of sp³-hybridized carbons (Fsp3) is 0.853. The first-order chi connectivity index (χ1) is 22.1. The van der Waals surface area contributed by atoms with Crippen molar-refractivity contribution in [2.24, 2.45) is 5.73 Å². The van der Waals surface area contributed by atoms with Gasteiger partial charge in [-0.1, -0.05) is 122 Å². The summed E-state index contributed by atoms with van der Waals surface area (Å²) >= 11 is 0. The highest BCUT2D eigenvalue weighted by atomic mass is 31.2. The van der Waals surface area contributed by atoms with Gasteiger partial charge in [-0.05, 0) is 32.1 Å². The van der Waals surface area contributed by atoms with Crippen LogP contribution in [0, 0.1) is 0 Å². The number of phosphoric ester groups is 1. The Bertz CT molecular complexity index is 854. The first-order valence-electron chi connectivity index (χ1n) is 17.7. The number of unbranched alkanes of at least 4 members (excludes halogenated alkanes) is 17. The minimum absolute atomic E-state index is 0.163. The molecule has 0 aliphatic rings. The van der Waals surface area contributed by atoms with Gasteiger partial charge in [0.15, 0.2) is 6.10 Å². The number of aliphatic carboxylic acids is 1. The van der Waals surface area contributed by atoms with Crippen LogP contribution in [0.1, 0.15) is 155 Å². The van der Waals surface area contributed by atoms with Gasteiger partial charge in [0.1, 0.15) is 12.6 Å². The van der Waals surface area contributed by atoms with Gasteiger partial charge in [-0.2, -0.15) is 0 Å². The highest BCUT2D eigenvalue weighted by Gasteiger charge is 2.28. The van der Waals surface area contributed by atoms with E-state index in [1.54, 1.807) is 0 Å². The predicted octanol–water partition coefficient (Wildman–Crippen LogP) is 8.17. The number of ether oxygens (including phenoxy) is 2. The number of rotatable bonds is 33. The number of hydrogen-bond donors (Lipinski definition) is 3. The third kappa shape index (κ3) is 29.6. The molecule has 0 radical (unpaired) electrons. The van der Waals surface area contributed by atoms with Crippen molar-refractivity contribution in [1.82, 2.24) is 0 Å². The maximum absolute atomic E-state index is 12.5. The first-order valence-corrected chi connectivity index (χ1v) is 19.2. The highest BCUT2D eigenvalue weighted by molar-refractivity contribution is 7.47. The minimum atomic E-state index is -4.70. The van der Waals surface area contributed by atoms with E-state index in [0.29, 0.717) is 12.8 Å². The molecule has 0 saturated heterocycles. The predicted molar refractivity (Wildman–Crippen MR) is 180 cm³/mol. The van der Waals surface area contributed by atoms with Crippen molar-refractivity contribution < 1.29 is 47.5 Å². The Morgan fingerprint density at radius 3 is 1.65 bits per heavy atom. The van der Waals surface area contributed by atoms with Crippen LogP contribution >= 0.6 is 7.82 Å². The number of esters is 2. The lowest BCUT2D eigenvalue weighted by molar-refractivity contribution is -0.161. The molecular formula is C34H64NO10P. The third-order valence-corrected chi connectivity index (χ3v) is 8.46. The summed E-state index contributed by atoms with van der Waals surface area (Å²) in [5, 5.41) is 8.83. The van der Waals surface area contributed by atoms with Crippen LogP contribution in [-0.2, 0) is 37.5 Å². The Balaban J connectivity index is 4.49. The van der Waals surface area contributed by atoms with E-state index in [4.69, 9.17) is 24.8 Å². The molecule has 270 valence electrons.